The molecule has 2 aromatic rings. The molecule has 2 rings (SSSR count). The molecule has 1 N–H and O–H groups in total. The highest BCUT2D eigenvalue weighted by Gasteiger charge is 2.14. The van der Waals surface area contributed by atoms with E-state index in [0.29, 0.717) is 18.3 Å². The summed E-state index contributed by atoms with van der Waals surface area (Å²) in [6, 6.07) is 7.81. The minimum absolute atomic E-state index is 0.0297. The number of nitrogens with one attached hydrogen (secondary N) is 1. The maximum absolute atomic E-state index is 5.23. The number of hydrogen-bond acceptors (Lipinski definition) is 4. The number of halogens is 1. The predicted molar refractivity (Wildman–Crippen MR) is 74.0 cm³/mol. The highest BCUT2D eigenvalue weighted by atomic mass is 79.9. The van der Waals surface area contributed by atoms with Crippen molar-refractivity contribution in [3.05, 3.63) is 34.6 Å². The molecule has 4 nitrogen and oxygen atoms in total. The molecule has 18 heavy (non-hydrogen) atoms. The van der Waals surface area contributed by atoms with Gasteiger partial charge in [0.1, 0.15) is 0 Å². The summed E-state index contributed by atoms with van der Waals surface area (Å²) in [6.45, 7) is 6.86. The minimum Gasteiger partial charge on any atom is -0.338 e. The predicted octanol–water partition coefficient (Wildman–Crippen LogP) is 3.39. The lowest BCUT2D eigenvalue weighted by atomic mass is 10.1. The van der Waals surface area contributed by atoms with Gasteiger partial charge in [-0.3, -0.25) is 0 Å². The molecular formula is C13H16BrN3O. The van der Waals surface area contributed by atoms with Crippen molar-refractivity contribution in [2.24, 2.45) is 0 Å². The second-order valence-electron chi connectivity index (χ2n) is 5.10. The highest BCUT2D eigenvalue weighted by Crippen LogP contribution is 2.25. The fraction of sp³-hybridized carbons (Fsp3) is 0.385. The topological polar surface area (TPSA) is 51.0 Å². The van der Waals surface area contributed by atoms with Crippen LogP contribution < -0.4 is 5.32 Å². The van der Waals surface area contributed by atoms with Crippen molar-refractivity contribution in [2.45, 2.75) is 32.9 Å². The summed E-state index contributed by atoms with van der Waals surface area (Å²) < 4.78 is 6.18. The van der Waals surface area contributed by atoms with Gasteiger partial charge in [-0.15, -0.1) is 0 Å². The number of rotatable bonds is 3. The van der Waals surface area contributed by atoms with Crippen LogP contribution in [0.25, 0.3) is 11.4 Å². The average molecular weight is 310 g/mol. The van der Waals surface area contributed by atoms with E-state index in [4.69, 9.17) is 4.52 Å². The Kier molecular flexibility index (Phi) is 3.82. The summed E-state index contributed by atoms with van der Waals surface area (Å²) in [7, 11) is 0. The molecule has 0 saturated carbocycles. The second-order valence-corrected chi connectivity index (χ2v) is 5.95. The van der Waals surface area contributed by atoms with Crippen LogP contribution in [0.4, 0.5) is 0 Å². The van der Waals surface area contributed by atoms with E-state index < -0.39 is 0 Å². The third-order valence-corrected chi connectivity index (χ3v) is 3.04. The Morgan fingerprint density at radius 3 is 2.67 bits per heavy atom. The van der Waals surface area contributed by atoms with Gasteiger partial charge in [-0.2, -0.15) is 4.98 Å². The first-order valence-electron chi connectivity index (χ1n) is 5.78. The normalized spacial score (nSPS) is 11.8. The van der Waals surface area contributed by atoms with Crippen molar-refractivity contribution < 1.29 is 4.52 Å². The third kappa shape index (κ3) is 3.40. The number of nitrogens with zero attached hydrogens (tertiary/aromatic N) is 2. The second kappa shape index (κ2) is 5.20. The Labute approximate surface area is 115 Å². The maximum atomic E-state index is 5.23. The molecule has 0 fully saturated rings. The Hall–Kier alpha value is -1.20. The van der Waals surface area contributed by atoms with Gasteiger partial charge in [0.05, 0.1) is 6.54 Å². The van der Waals surface area contributed by atoms with Crippen molar-refractivity contribution in [1.29, 1.82) is 0 Å². The van der Waals surface area contributed by atoms with E-state index in [1.807, 2.05) is 24.3 Å². The van der Waals surface area contributed by atoms with Crippen molar-refractivity contribution in [3.63, 3.8) is 0 Å². The molecule has 0 aliphatic heterocycles. The molecule has 0 bridgehead atoms. The van der Waals surface area contributed by atoms with Crippen LogP contribution in [0.5, 0.6) is 0 Å². The molecule has 0 radical (unpaired) electrons. The Balaban J connectivity index is 2.14. The molecule has 0 spiro atoms. The van der Waals surface area contributed by atoms with Gasteiger partial charge < -0.3 is 9.84 Å². The van der Waals surface area contributed by atoms with E-state index in [1.54, 1.807) is 0 Å². The first-order valence-corrected chi connectivity index (χ1v) is 6.57. The van der Waals surface area contributed by atoms with E-state index in [-0.39, 0.29) is 5.54 Å². The minimum atomic E-state index is 0.0297. The molecular weight excluding hydrogens is 294 g/mol. The lowest BCUT2D eigenvalue weighted by Crippen LogP contribution is -2.35. The van der Waals surface area contributed by atoms with Crippen LogP contribution in [0.3, 0.4) is 0 Å². The van der Waals surface area contributed by atoms with Gasteiger partial charge in [0.25, 0.3) is 0 Å². The maximum Gasteiger partial charge on any atom is 0.240 e. The van der Waals surface area contributed by atoms with Crippen LogP contribution in [0, 0.1) is 0 Å². The Bertz CT molecular complexity index is 531. The zero-order valence-electron chi connectivity index (χ0n) is 10.7. The molecule has 1 heterocycles. The van der Waals surface area contributed by atoms with Gasteiger partial charge in [-0.1, -0.05) is 33.2 Å². The first kappa shape index (κ1) is 13.2. The molecule has 0 saturated heterocycles. The number of aromatic nitrogens is 2. The van der Waals surface area contributed by atoms with Gasteiger partial charge in [-0.25, -0.2) is 0 Å². The fourth-order valence-electron chi connectivity index (χ4n) is 1.42. The van der Waals surface area contributed by atoms with Crippen LogP contribution in [0.2, 0.25) is 0 Å². The molecule has 5 heteroatoms. The van der Waals surface area contributed by atoms with E-state index in [2.05, 4.69) is 52.2 Å². The largest absolute Gasteiger partial charge is 0.338 e. The summed E-state index contributed by atoms with van der Waals surface area (Å²) >= 11 is 3.48. The van der Waals surface area contributed by atoms with Crippen LogP contribution in [0.1, 0.15) is 26.7 Å². The van der Waals surface area contributed by atoms with E-state index >= 15 is 0 Å². The Morgan fingerprint density at radius 2 is 2.00 bits per heavy atom. The zero-order chi connectivity index (χ0) is 13.2. The summed E-state index contributed by atoms with van der Waals surface area (Å²) in [5, 5.41) is 7.30. The summed E-state index contributed by atoms with van der Waals surface area (Å²) in [6.07, 6.45) is 0. The molecule has 0 atom stereocenters. The third-order valence-electron chi connectivity index (χ3n) is 2.35. The first-order chi connectivity index (χ1) is 8.46. The smallest absolute Gasteiger partial charge is 0.240 e. The molecule has 1 aromatic carbocycles. The van der Waals surface area contributed by atoms with Crippen molar-refractivity contribution in [2.75, 3.05) is 0 Å². The zero-order valence-corrected chi connectivity index (χ0v) is 12.3. The number of benzene rings is 1. The monoisotopic (exact) mass is 309 g/mol. The van der Waals surface area contributed by atoms with Crippen molar-refractivity contribution in [3.8, 4) is 11.4 Å². The SMILES string of the molecule is CC(C)(C)NCc1nc(-c2ccccc2Br)no1. The van der Waals surface area contributed by atoms with Gasteiger partial charge >= 0.3 is 0 Å². The van der Waals surface area contributed by atoms with E-state index in [0.717, 1.165) is 10.0 Å². The quantitative estimate of drug-likeness (QED) is 0.944. The number of hydrogen-bond donors (Lipinski definition) is 1. The Morgan fingerprint density at radius 1 is 1.28 bits per heavy atom. The molecule has 1 aromatic heterocycles. The highest BCUT2D eigenvalue weighted by molar-refractivity contribution is 9.10. The lowest BCUT2D eigenvalue weighted by Gasteiger charge is -2.18. The summed E-state index contributed by atoms with van der Waals surface area (Å²) in [5.41, 5.74) is 0.963. The van der Waals surface area contributed by atoms with Crippen molar-refractivity contribution in [1.82, 2.24) is 15.5 Å². The van der Waals surface area contributed by atoms with E-state index in [1.165, 1.54) is 0 Å². The van der Waals surface area contributed by atoms with Crippen LogP contribution >= 0.6 is 15.9 Å². The molecule has 0 amide bonds. The molecule has 0 aliphatic rings. The van der Waals surface area contributed by atoms with Gasteiger partial charge in [-0.05, 0) is 32.9 Å². The molecule has 0 unspecified atom stereocenters. The average Bonchev–Trinajstić information content (AvgIpc) is 2.75. The van der Waals surface area contributed by atoms with Crippen molar-refractivity contribution >= 4 is 15.9 Å². The molecule has 0 aliphatic carbocycles. The van der Waals surface area contributed by atoms with Crippen LogP contribution in [-0.4, -0.2) is 15.7 Å². The van der Waals surface area contributed by atoms with Crippen LogP contribution in [-0.2, 0) is 6.54 Å². The van der Waals surface area contributed by atoms with E-state index in [9.17, 15) is 0 Å². The standard InChI is InChI=1S/C13H16BrN3O/c1-13(2,3)15-8-11-16-12(17-18-11)9-6-4-5-7-10(9)14/h4-7,15H,8H2,1-3H3. The summed E-state index contributed by atoms with van der Waals surface area (Å²) in [5.74, 6) is 1.20. The van der Waals surface area contributed by atoms with Gasteiger partial charge in [0, 0.05) is 15.6 Å². The summed E-state index contributed by atoms with van der Waals surface area (Å²) in [4.78, 5) is 4.37. The van der Waals surface area contributed by atoms with Gasteiger partial charge in [0.15, 0.2) is 0 Å². The van der Waals surface area contributed by atoms with Crippen LogP contribution in [0.15, 0.2) is 33.3 Å². The van der Waals surface area contributed by atoms with Gasteiger partial charge in [0.2, 0.25) is 11.7 Å². The molecule has 96 valence electrons. The fourth-order valence-corrected chi connectivity index (χ4v) is 1.88. The lowest BCUT2D eigenvalue weighted by molar-refractivity contribution is 0.336.